The lowest BCUT2D eigenvalue weighted by Crippen LogP contribution is -2.36. The molecular formula is C16H23N3O. The third-order valence-corrected chi connectivity index (χ3v) is 4.19. The van der Waals surface area contributed by atoms with Gasteiger partial charge in [0.2, 0.25) is 0 Å². The van der Waals surface area contributed by atoms with Crippen LogP contribution in [0.2, 0.25) is 0 Å². The molecule has 2 aliphatic heterocycles. The van der Waals surface area contributed by atoms with Crippen LogP contribution in [0, 0.1) is 0 Å². The van der Waals surface area contributed by atoms with E-state index in [1.165, 1.54) is 31.5 Å². The van der Waals surface area contributed by atoms with Crippen LogP contribution in [0.3, 0.4) is 0 Å². The van der Waals surface area contributed by atoms with Crippen molar-refractivity contribution in [2.24, 2.45) is 0 Å². The molecule has 2 fully saturated rings. The Bertz CT molecular complexity index is 463. The highest BCUT2D eigenvalue weighted by molar-refractivity contribution is 5.94. The topological polar surface area (TPSA) is 44.4 Å². The number of hydrogen-bond donors (Lipinski definition) is 2. The summed E-state index contributed by atoms with van der Waals surface area (Å²) in [6.07, 6.45) is 3.63. The highest BCUT2D eigenvalue weighted by Gasteiger charge is 2.18. The molecule has 2 N–H and O–H groups in total. The first kappa shape index (κ1) is 13.6. The quantitative estimate of drug-likeness (QED) is 0.871. The average Bonchev–Trinajstić information content (AvgIpc) is 3.12. The Balaban J connectivity index is 1.61. The average molecular weight is 273 g/mol. The zero-order valence-electron chi connectivity index (χ0n) is 11.9. The van der Waals surface area contributed by atoms with Gasteiger partial charge in [0.25, 0.3) is 5.91 Å². The van der Waals surface area contributed by atoms with E-state index in [2.05, 4.69) is 21.6 Å². The van der Waals surface area contributed by atoms with E-state index in [0.717, 1.165) is 31.6 Å². The highest BCUT2D eigenvalue weighted by atomic mass is 16.1. The third kappa shape index (κ3) is 3.38. The first-order valence-corrected chi connectivity index (χ1v) is 7.64. The smallest absolute Gasteiger partial charge is 0.251 e. The molecule has 0 radical (unpaired) electrons. The van der Waals surface area contributed by atoms with Crippen LogP contribution < -0.4 is 10.6 Å². The van der Waals surface area contributed by atoms with Crippen LogP contribution >= 0.6 is 0 Å². The number of nitrogens with zero attached hydrogens (tertiary/aromatic N) is 1. The van der Waals surface area contributed by atoms with E-state index in [9.17, 15) is 4.79 Å². The van der Waals surface area contributed by atoms with Crippen molar-refractivity contribution < 1.29 is 4.79 Å². The van der Waals surface area contributed by atoms with Gasteiger partial charge in [-0.1, -0.05) is 12.1 Å². The van der Waals surface area contributed by atoms with Gasteiger partial charge >= 0.3 is 0 Å². The minimum atomic E-state index is 0.0574. The van der Waals surface area contributed by atoms with Gasteiger partial charge in [-0.3, -0.25) is 9.69 Å². The highest BCUT2D eigenvalue weighted by Crippen LogP contribution is 2.14. The van der Waals surface area contributed by atoms with Crippen LogP contribution in [0.15, 0.2) is 24.3 Å². The summed E-state index contributed by atoms with van der Waals surface area (Å²) in [6, 6.07) is 8.34. The van der Waals surface area contributed by atoms with Crippen molar-refractivity contribution in [3.63, 3.8) is 0 Å². The van der Waals surface area contributed by atoms with Gasteiger partial charge < -0.3 is 10.6 Å². The van der Waals surface area contributed by atoms with Gasteiger partial charge in [0, 0.05) is 24.7 Å². The van der Waals surface area contributed by atoms with Crippen molar-refractivity contribution in [2.45, 2.75) is 31.8 Å². The lowest BCUT2D eigenvalue weighted by atomic mass is 10.1. The van der Waals surface area contributed by atoms with E-state index >= 15 is 0 Å². The molecule has 2 heterocycles. The van der Waals surface area contributed by atoms with Gasteiger partial charge in [0.1, 0.15) is 0 Å². The maximum absolute atomic E-state index is 12.2. The zero-order chi connectivity index (χ0) is 13.8. The second-order valence-corrected chi connectivity index (χ2v) is 5.85. The maximum Gasteiger partial charge on any atom is 0.251 e. The van der Waals surface area contributed by atoms with E-state index in [1.807, 2.05) is 18.2 Å². The first-order chi connectivity index (χ1) is 9.81. The Hall–Kier alpha value is -1.39. The summed E-state index contributed by atoms with van der Waals surface area (Å²) in [4.78, 5) is 14.7. The molecule has 2 aliphatic rings. The summed E-state index contributed by atoms with van der Waals surface area (Å²) < 4.78 is 0. The van der Waals surface area contributed by atoms with Crippen molar-refractivity contribution in [3.8, 4) is 0 Å². The van der Waals surface area contributed by atoms with Gasteiger partial charge in [-0.25, -0.2) is 0 Å². The van der Waals surface area contributed by atoms with Crippen molar-refractivity contribution in [1.29, 1.82) is 0 Å². The number of likely N-dealkylation sites (tertiary alicyclic amines) is 1. The fourth-order valence-corrected chi connectivity index (χ4v) is 3.06. The molecule has 1 unspecified atom stereocenters. The number of nitrogens with one attached hydrogen (secondary N) is 2. The molecule has 0 spiro atoms. The van der Waals surface area contributed by atoms with Crippen molar-refractivity contribution in [3.05, 3.63) is 35.4 Å². The van der Waals surface area contributed by atoms with Crippen molar-refractivity contribution in [2.75, 3.05) is 26.2 Å². The van der Waals surface area contributed by atoms with Crippen molar-refractivity contribution >= 4 is 5.91 Å². The van der Waals surface area contributed by atoms with Crippen LogP contribution in [-0.4, -0.2) is 43.0 Å². The Morgan fingerprint density at radius 2 is 2.20 bits per heavy atom. The molecule has 20 heavy (non-hydrogen) atoms. The number of hydrogen-bond acceptors (Lipinski definition) is 3. The van der Waals surface area contributed by atoms with Crippen molar-refractivity contribution in [1.82, 2.24) is 15.5 Å². The van der Waals surface area contributed by atoms with Gasteiger partial charge in [-0.15, -0.1) is 0 Å². The van der Waals surface area contributed by atoms with Gasteiger partial charge in [0.05, 0.1) is 0 Å². The minimum absolute atomic E-state index is 0.0574. The van der Waals surface area contributed by atoms with Gasteiger partial charge in [-0.05, 0) is 56.6 Å². The molecule has 0 aliphatic carbocycles. The third-order valence-electron chi connectivity index (χ3n) is 4.19. The van der Waals surface area contributed by atoms with E-state index in [0.29, 0.717) is 0 Å². The zero-order valence-corrected chi connectivity index (χ0v) is 11.9. The molecule has 1 atom stereocenters. The number of carbonyl (C=O) groups is 1. The summed E-state index contributed by atoms with van der Waals surface area (Å²) in [5.41, 5.74) is 2.03. The molecule has 4 nitrogen and oxygen atoms in total. The predicted molar refractivity (Wildman–Crippen MR) is 79.7 cm³/mol. The molecule has 1 aromatic rings. The standard InChI is InChI=1S/C16H23N3O/c20-16(18-15-6-7-17-11-15)14-5-3-4-13(10-14)12-19-8-1-2-9-19/h3-5,10,15,17H,1-2,6-9,11-12H2,(H,18,20). The molecule has 0 saturated carbocycles. The number of carbonyl (C=O) groups excluding carboxylic acids is 1. The Morgan fingerprint density at radius 3 is 2.95 bits per heavy atom. The molecule has 1 aromatic carbocycles. The molecule has 0 bridgehead atoms. The Kier molecular flexibility index (Phi) is 4.33. The summed E-state index contributed by atoms with van der Waals surface area (Å²) >= 11 is 0. The van der Waals surface area contributed by atoms with Crippen LogP contribution in [-0.2, 0) is 6.54 Å². The summed E-state index contributed by atoms with van der Waals surface area (Å²) in [5.74, 6) is 0.0574. The second-order valence-electron chi connectivity index (χ2n) is 5.85. The second kappa shape index (κ2) is 6.37. The van der Waals surface area contributed by atoms with Crippen LogP contribution in [0.4, 0.5) is 0 Å². The van der Waals surface area contributed by atoms with Crippen LogP contribution in [0.1, 0.15) is 35.2 Å². The predicted octanol–water partition coefficient (Wildman–Crippen LogP) is 1.37. The Morgan fingerprint density at radius 1 is 1.35 bits per heavy atom. The monoisotopic (exact) mass is 273 g/mol. The number of amides is 1. The number of benzene rings is 1. The lowest BCUT2D eigenvalue weighted by molar-refractivity contribution is 0.0940. The molecule has 3 rings (SSSR count). The molecule has 4 heteroatoms. The van der Waals surface area contributed by atoms with E-state index in [-0.39, 0.29) is 11.9 Å². The Labute approximate surface area is 120 Å². The largest absolute Gasteiger partial charge is 0.348 e. The summed E-state index contributed by atoms with van der Waals surface area (Å²) in [5, 5.41) is 6.37. The van der Waals surface area contributed by atoms with Gasteiger partial charge in [-0.2, -0.15) is 0 Å². The molecule has 0 aromatic heterocycles. The minimum Gasteiger partial charge on any atom is -0.348 e. The molecule has 108 valence electrons. The van der Waals surface area contributed by atoms with Gasteiger partial charge in [0.15, 0.2) is 0 Å². The fourth-order valence-electron chi connectivity index (χ4n) is 3.06. The van der Waals surface area contributed by atoms with Crippen LogP contribution in [0.25, 0.3) is 0 Å². The molecule has 2 saturated heterocycles. The van der Waals surface area contributed by atoms with E-state index in [4.69, 9.17) is 0 Å². The first-order valence-electron chi connectivity index (χ1n) is 7.64. The van der Waals surface area contributed by atoms with Crippen LogP contribution in [0.5, 0.6) is 0 Å². The maximum atomic E-state index is 12.2. The normalized spacial score (nSPS) is 23.1. The molecular weight excluding hydrogens is 250 g/mol. The number of rotatable bonds is 4. The molecule has 1 amide bonds. The van der Waals surface area contributed by atoms with E-state index in [1.54, 1.807) is 0 Å². The SMILES string of the molecule is O=C(NC1CCNC1)c1cccc(CN2CCCC2)c1. The lowest BCUT2D eigenvalue weighted by Gasteiger charge is -2.16. The fraction of sp³-hybridized carbons (Fsp3) is 0.562. The summed E-state index contributed by atoms with van der Waals surface area (Å²) in [7, 11) is 0. The van der Waals surface area contributed by atoms with E-state index < -0.39 is 0 Å². The summed E-state index contributed by atoms with van der Waals surface area (Å²) in [6.45, 7) is 5.22.